The van der Waals surface area contributed by atoms with Crippen LogP contribution in [0, 0.1) is 13.8 Å². The second kappa shape index (κ2) is 4.82. The van der Waals surface area contributed by atoms with Gasteiger partial charge in [-0.15, -0.1) is 0 Å². The van der Waals surface area contributed by atoms with Gasteiger partial charge in [-0.1, -0.05) is 0 Å². The molecule has 0 aliphatic rings. The number of aromatic nitrogens is 2. The lowest BCUT2D eigenvalue weighted by Gasteiger charge is -2.08. The van der Waals surface area contributed by atoms with Crippen LogP contribution in [-0.4, -0.2) is 9.97 Å². The Bertz CT molecular complexity index is 502. The number of rotatable bonds is 3. The van der Waals surface area contributed by atoms with Crippen molar-refractivity contribution in [3.8, 4) is 0 Å². The smallest absolute Gasteiger partial charge is 0.125 e. The molecule has 0 radical (unpaired) electrons. The third-order valence-corrected chi connectivity index (χ3v) is 2.41. The number of hydrogen-bond donors (Lipinski definition) is 2. The van der Waals surface area contributed by atoms with Crippen molar-refractivity contribution < 1.29 is 0 Å². The number of aryl methyl sites for hydroxylation is 2. The van der Waals surface area contributed by atoms with E-state index in [1.807, 2.05) is 32.0 Å². The molecule has 0 spiro atoms. The van der Waals surface area contributed by atoms with Crippen molar-refractivity contribution in [1.82, 2.24) is 9.97 Å². The number of anilines is 2. The largest absolute Gasteiger partial charge is 0.399 e. The van der Waals surface area contributed by atoms with Crippen molar-refractivity contribution in [3.63, 3.8) is 0 Å². The van der Waals surface area contributed by atoms with Crippen LogP contribution in [0.4, 0.5) is 11.4 Å². The Balaban J connectivity index is 2.07. The highest BCUT2D eigenvalue weighted by Crippen LogP contribution is 2.16. The SMILES string of the molecule is Cc1cc(N)cc(NCc2ccnc(C)n2)c1. The van der Waals surface area contributed by atoms with E-state index in [1.54, 1.807) is 6.20 Å². The van der Waals surface area contributed by atoms with Crippen LogP contribution in [0.15, 0.2) is 30.5 Å². The van der Waals surface area contributed by atoms with Gasteiger partial charge in [0.1, 0.15) is 5.82 Å². The molecule has 17 heavy (non-hydrogen) atoms. The fourth-order valence-electron chi connectivity index (χ4n) is 1.71. The number of nitrogens with one attached hydrogen (secondary N) is 1. The Hall–Kier alpha value is -2.10. The van der Waals surface area contributed by atoms with E-state index in [-0.39, 0.29) is 0 Å². The minimum atomic E-state index is 0.673. The zero-order valence-corrected chi connectivity index (χ0v) is 10.1. The van der Waals surface area contributed by atoms with Gasteiger partial charge in [-0.05, 0) is 43.7 Å². The maximum atomic E-state index is 5.79. The molecule has 1 aromatic carbocycles. The average molecular weight is 228 g/mol. The standard InChI is InChI=1S/C13H16N4/c1-9-5-11(14)7-13(6-9)16-8-12-3-4-15-10(2)17-12/h3-7,16H,8,14H2,1-2H3. The summed E-state index contributed by atoms with van der Waals surface area (Å²) in [5, 5.41) is 3.30. The summed E-state index contributed by atoms with van der Waals surface area (Å²) in [6.07, 6.45) is 1.77. The molecule has 4 heteroatoms. The summed E-state index contributed by atoms with van der Waals surface area (Å²) in [7, 11) is 0. The lowest BCUT2D eigenvalue weighted by atomic mass is 10.2. The van der Waals surface area contributed by atoms with Gasteiger partial charge in [-0.25, -0.2) is 9.97 Å². The molecule has 1 heterocycles. The van der Waals surface area contributed by atoms with Crippen molar-refractivity contribution in [2.45, 2.75) is 20.4 Å². The van der Waals surface area contributed by atoms with E-state index in [4.69, 9.17) is 5.73 Å². The molecule has 0 fully saturated rings. The van der Waals surface area contributed by atoms with Crippen LogP contribution in [0.5, 0.6) is 0 Å². The zero-order chi connectivity index (χ0) is 12.3. The number of benzene rings is 1. The van der Waals surface area contributed by atoms with Crippen LogP contribution < -0.4 is 11.1 Å². The highest BCUT2D eigenvalue weighted by Gasteiger charge is 1.98. The van der Waals surface area contributed by atoms with Crippen LogP contribution in [0.25, 0.3) is 0 Å². The molecule has 0 aliphatic heterocycles. The quantitative estimate of drug-likeness (QED) is 0.791. The van der Waals surface area contributed by atoms with Gasteiger partial charge < -0.3 is 11.1 Å². The summed E-state index contributed by atoms with van der Waals surface area (Å²) in [4.78, 5) is 8.39. The number of nitrogens with zero attached hydrogens (tertiary/aromatic N) is 2. The molecule has 2 aromatic rings. The van der Waals surface area contributed by atoms with E-state index in [0.29, 0.717) is 6.54 Å². The monoisotopic (exact) mass is 228 g/mol. The minimum absolute atomic E-state index is 0.673. The average Bonchev–Trinajstić information content (AvgIpc) is 2.25. The molecule has 0 saturated carbocycles. The highest BCUT2D eigenvalue weighted by molar-refractivity contribution is 5.56. The Labute approximate surface area is 101 Å². The molecule has 88 valence electrons. The van der Waals surface area contributed by atoms with Gasteiger partial charge in [0.25, 0.3) is 0 Å². The van der Waals surface area contributed by atoms with Crippen molar-refractivity contribution in [1.29, 1.82) is 0 Å². The molecule has 4 nitrogen and oxygen atoms in total. The van der Waals surface area contributed by atoms with E-state index in [0.717, 1.165) is 28.5 Å². The Morgan fingerprint density at radius 3 is 2.76 bits per heavy atom. The zero-order valence-electron chi connectivity index (χ0n) is 10.1. The minimum Gasteiger partial charge on any atom is -0.399 e. The molecular formula is C13H16N4. The van der Waals surface area contributed by atoms with E-state index in [2.05, 4.69) is 21.4 Å². The third-order valence-electron chi connectivity index (χ3n) is 2.41. The van der Waals surface area contributed by atoms with Crippen molar-refractivity contribution in [2.75, 3.05) is 11.1 Å². The van der Waals surface area contributed by atoms with Crippen LogP contribution in [0.1, 0.15) is 17.1 Å². The van der Waals surface area contributed by atoms with Gasteiger partial charge in [-0.2, -0.15) is 0 Å². The Morgan fingerprint density at radius 1 is 1.24 bits per heavy atom. The lowest BCUT2D eigenvalue weighted by molar-refractivity contribution is 0.955. The fourth-order valence-corrected chi connectivity index (χ4v) is 1.71. The van der Waals surface area contributed by atoms with Crippen LogP contribution in [-0.2, 0) is 6.54 Å². The van der Waals surface area contributed by atoms with Crippen LogP contribution >= 0.6 is 0 Å². The van der Waals surface area contributed by atoms with Crippen molar-refractivity contribution >= 4 is 11.4 Å². The van der Waals surface area contributed by atoms with Crippen LogP contribution in [0.2, 0.25) is 0 Å². The van der Waals surface area contributed by atoms with Crippen molar-refractivity contribution in [2.24, 2.45) is 0 Å². The predicted molar refractivity (Wildman–Crippen MR) is 69.7 cm³/mol. The van der Waals surface area contributed by atoms with Gasteiger partial charge in [0.15, 0.2) is 0 Å². The molecule has 1 aromatic heterocycles. The molecule has 2 rings (SSSR count). The van der Waals surface area contributed by atoms with E-state index >= 15 is 0 Å². The second-order valence-electron chi connectivity index (χ2n) is 4.08. The first-order valence-corrected chi connectivity index (χ1v) is 5.53. The van der Waals surface area contributed by atoms with Gasteiger partial charge >= 0.3 is 0 Å². The maximum Gasteiger partial charge on any atom is 0.125 e. The first kappa shape index (κ1) is 11.4. The third kappa shape index (κ3) is 3.17. The van der Waals surface area contributed by atoms with Gasteiger partial charge in [0.05, 0.1) is 12.2 Å². The molecule has 0 aliphatic carbocycles. The highest BCUT2D eigenvalue weighted by atomic mass is 14.9. The fraction of sp³-hybridized carbons (Fsp3) is 0.231. The van der Waals surface area contributed by atoms with Crippen molar-refractivity contribution in [3.05, 3.63) is 47.5 Å². The molecule has 0 bridgehead atoms. The molecular weight excluding hydrogens is 212 g/mol. The summed E-state index contributed by atoms with van der Waals surface area (Å²) in [5.74, 6) is 0.785. The number of nitrogen functional groups attached to an aromatic ring is 1. The van der Waals surface area contributed by atoms with Crippen LogP contribution in [0.3, 0.4) is 0 Å². The first-order chi connectivity index (χ1) is 8.13. The van der Waals surface area contributed by atoms with E-state index in [1.165, 1.54) is 0 Å². The van der Waals surface area contributed by atoms with Gasteiger partial charge in [0.2, 0.25) is 0 Å². The molecule has 0 atom stereocenters. The van der Waals surface area contributed by atoms with Gasteiger partial charge in [-0.3, -0.25) is 0 Å². The van der Waals surface area contributed by atoms with E-state index in [9.17, 15) is 0 Å². The number of hydrogen-bond acceptors (Lipinski definition) is 4. The topological polar surface area (TPSA) is 63.8 Å². The predicted octanol–water partition coefficient (Wildman–Crippen LogP) is 2.29. The lowest BCUT2D eigenvalue weighted by Crippen LogP contribution is -2.03. The van der Waals surface area contributed by atoms with Gasteiger partial charge in [0, 0.05) is 17.6 Å². The summed E-state index contributed by atoms with van der Waals surface area (Å²) >= 11 is 0. The second-order valence-corrected chi connectivity index (χ2v) is 4.08. The summed E-state index contributed by atoms with van der Waals surface area (Å²) in [5.41, 5.74) is 9.68. The molecule has 0 amide bonds. The maximum absolute atomic E-state index is 5.79. The molecule has 3 N–H and O–H groups in total. The molecule has 0 saturated heterocycles. The summed E-state index contributed by atoms with van der Waals surface area (Å²) < 4.78 is 0. The summed E-state index contributed by atoms with van der Waals surface area (Å²) in [6, 6.07) is 7.82. The summed E-state index contributed by atoms with van der Waals surface area (Å²) in [6.45, 7) is 4.58. The first-order valence-electron chi connectivity index (χ1n) is 5.53. The van der Waals surface area contributed by atoms with E-state index < -0.39 is 0 Å². The number of nitrogens with two attached hydrogens (primary N) is 1. The normalized spacial score (nSPS) is 10.2. The Kier molecular flexibility index (Phi) is 3.23. The Morgan fingerprint density at radius 2 is 2.06 bits per heavy atom. The molecule has 0 unspecified atom stereocenters.